The van der Waals surface area contributed by atoms with E-state index in [9.17, 15) is 0 Å². The summed E-state index contributed by atoms with van der Waals surface area (Å²) in [6.45, 7) is 1.61. The Morgan fingerprint density at radius 3 is 2.94 bits per heavy atom. The molecular weight excluding hydrogens is 202 g/mol. The van der Waals surface area contributed by atoms with Gasteiger partial charge in [0.05, 0.1) is 16.9 Å². The van der Waals surface area contributed by atoms with Gasteiger partial charge in [0, 0.05) is 20.3 Å². The molecule has 4 heteroatoms. The molecule has 0 saturated carbocycles. The maximum Gasteiger partial charge on any atom is 0.101 e. The zero-order chi connectivity index (χ0) is 11.8. The van der Waals surface area contributed by atoms with E-state index in [2.05, 4.69) is 11.4 Å². The SMILES string of the molecule is COCCCCNc1cccc(C#N)c1N. The molecule has 0 radical (unpaired) electrons. The first kappa shape index (κ1) is 12.3. The maximum atomic E-state index is 8.81. The zero-order valence-electron chi connectivity index (χ0n) is 9.49. The summed E-state index contributed by atoms with van der Waals surface area (Å²) in [5.41, 5.74) is 7.70. The number of nitrogens with zero attached hydrogens (tertiary/aromatic N) is 1. The predicted octanol–water partition coefficient (Wildman–Crippen LogP) is 1.98. The molecule has 0 atom stereocenters. The maximum absolute atomic E-state index is 8.81. The Labute approximate surface area is 96.0 Å². The van der Waals surface area contributed by atoms with Crippen LogP contribution in [0.15, 0.2) is 18.2 Å². The highest BCUT2D eigenvalue weighted by Crippen LogP contribution is 2.21. The summed E-state index contributed by atoms with van der Waals surface area (Å²) in [5, 5.41) is 12.0. The van der Waals surface area contributed by atoms with Gasteiger partial charge in [-0.2, -0.15) is 5.26 Å². The number of benzene rings is 1. The monoisotopic (exact) mass is 219 g/mol. The second-order valence-electron chi connectivity index (χ2n) is 3.51. The van der Waals surface area contributed by atoms with Crippen LogP contribution in [-0.4, -0.2) is 20.3 Å². The molecule has 3 N–H and O–H groups in total. The second-order valence-corrected chi connectivity index (χ2v) is 3.51. The molecule has 0 aliphatic carbocycles. The van der Waals surface area contributed by atoms with Crippen LogP contribution in [0.2, 0.25) is 0 Å². The van der Waals surface area contributed by atoms with Crippen molar-refractivity contribution < 1.29 is 4.74 Å². The predicted molar refractivity (Wildman–Crippen MR) is 65.2 cm³/mol. The molecule has 0 aliphatic rings. The smallest absolute Gasteiger partial charge is 0.101 e. The summed E-state index contributed by atoms with van der Waals surface area (Å²) < 4.78 is 4.96. The molecule has 0 aliphatic heterocycles. The van der Waals surface area contributed by atoms with Crippen LogP contribution in [0.3, 0.4) is 0 Å². The molecule has 16 heavy (non-hydrogen) atoms. The number of ether oxygens (including phenoxy) is 1. The highest BCUT2D eigenvalue weighted by atomic mass is 16.5. The van der Waals surface area contributed by atoms with Gasteiger partial charge >= 0.3 is 0 Å². The van der Waals surface area contributed by atoms with Gasteiger partial charge < -0.3 is 15.8 Å². The number of rotatable bonds is 6. The van der Waals surface area contributed by atoms with Gasteiger partial charge in [-0.1, -0.05) is 6.07 Å². The van der Waals surface area contributed by atoms with Crippen LogP contribution in [-0.2, 0) is 4.74 Å². The molecule has 86 valence electrons. The van der Waals surface area contributed by atoms with Gasteiger partial charge in [-0.3, -0.25) is 0 Å². The summed E-state index contributed by atoms with van der Waals surface area (Å²) in [6.07, 6.45) is 2.03. The number of nitrogen functional groups attached to an aromatic ring is 1. The molecule has 0 amide bonds. The number of nitriles is 1. The lowest BCUT2D eigenvalue weighted by Crippen LogP contribution is -2.06. The molecule has 0 spiro atoms. The Morgan fingerprint density at radius 2 is 2.25 bits per heavy atom. The Hall–Kier alpha value is -1.73. The minimum absolute atomic E-state index is 0.516. The standard InChI is InChI=1S/C12H17N3O/c1-16-8-3-2-7-15-11-6-4-5-10(9-13)12(11)14/h4-6,15H,2-3,7-8,14H2,1H3. The molecule has 1 aromatic carbocycles. The van der Waals surface area contributed by atoms with Gasteiger partial charge in [0.2, 0.25) is 0 Å². The van der Waals surface area contributed by atoms with Crippen molar-refractivity contribution in [3.63, 3.8) is 0 Å². The number of methoxy groups -OCH3 is 1. The fourth-order valence-electron chi connectivity index (χ4n) is 1.41. The first-order valence-corrected chi connectivity index (χ1v) is 5.31. The second kappa shape index (κ2) is 6.70. The van der Waals surface area contributed by atoms with Crippen LogP contribution >= 0.6 is 0 Å². The number of hydrogen-bond donors (Lipinski definition) is 2. The van der Waals surface area contributed by atoms with Crippen molar-refractivity contribution in [2.45, 2.75) is 12.8 Å². The van der Waals surface area contributed by atoms with Gasteiger partial charge in [0.25, 0.3) is 0 Å². The van der Waals surface area contributed by atoms with Crippen molar-refractivity contribution in [1.82, 2.24) is 0 Å². The van der Waals surface area contributed by atoms with Crippen molar-refractivity contribution in [2.75, 3.05) is 31.3 Å². The largest absolute Gasteiger partial charge is 0.396 e. The minimum Gasteiger partial charge on any atom is -0.396 e. The molecule has 0 unspecified atom stereocenters. The van der Waals surface area contributed by atoms with Crippen molar-refractivity contribution in [1.29, 1.82) is 5.26 Å². The van der Waals surface area contributed by atoms with Gasteiger partial charge in [0.1, 0.15) is 6.07 Å². The summed E-state index contributed by atoms with van der Waals surface area (Å²) in [5.74, 6) is 0. The van der Waals surface area contributed by atoms with E-state index in [1.807, 2.05) is 12.1 Å². The van der Waals surface area contributed by atoms with Gasteiger partial charge in [-0.05, 0) is 25.0 Å². The normalized spacial score (nSPS) is 9.75. The van der Waals surface area contributed by atoms with Gasteiger partial charge in [0.15, 0.2) is 0 Å². The Kier molecular flexibility index (Phi) is 5.17. The molecule has 0 heterocycles. The van der Waals surface area contributed by atoms with Crippen LogP contribution in [0.25, 0.3) is 0 Å². The topological polar surface area (TPSA) is 71.1 Å². The third-order valence-electron chi connectivity index (χ3n) is 2.32. The fraction of sp³-hybridized carbons (Fsp3) is 0.417. The Balaban J connectivity index is 2.45. The summed E-state index contributed by atoms with van der Waals surface area (Å²) in [6, 6.07) is 7.48. The molecule has 1 aromatic rings. The molecular formula is C12H17N3O. The van der Waals surface area contributed by atoms with Crippen molar-refractivity contribution >= 4 is 11.4 Å². The molecule has 1 rings (SSSR count). The third-order valence-corrected chi connectivity index (χ3v) is 2.32. The fourth-order valence-corrected chi connectivity index (χ4v) is 1.41. The van der Waals surface area contributed by atoms with Gasteiger partial charge in [-0.25, -0.2) is 0 Å². The number of anilines is 2. The molecule has 4 nitrogen and oxygen atoms in total. The van der Waals surface area contributed by atoms with Crippen LogP contribution < -0.4 is 11.1 Å². The highest BCUT2D eigenvalue weighted by Gasteiger charge is 2.02. The first-order chi connectivity index (χ1) is 7.79. The van der Waals surface area contributed by atoms with Crippen molar-refractivity contribution in [3.05, 3.63) is 23.8 Å². The summed E-state index contributed by atoms with van der Waals surface area (Å²) in [4.78, 5) is 0. The molecule has 0 saturated heterocycles. The Bertz CT molecular complexity index is 371. The van der Waals surface area contributed by atoms with E-state index in [-0.39, 0.29) is 0 Å². The number of nitrogens with two attached hydrogens (primary N) is 1. The molecule has 0 fully saturated rings. The van der Waals surface area contributed by atoms with Crippen LogP contribution in [0.5, 0.6) is 0 Å². The van der Waals surface area contributed by atoms with Crippen LogP contribution in [0.1, 0.15) is 18.4 Å². The number of nitrogens with one attached hydrogen (secondary N) is 1. The van der Waals surface area contributed by atoms with E-state index >= 15 is 0 Å². The van der Waals surface area contributed by atoms with Crippen molar-refractivity contribution in [3.8, 4) is 6.07 Å². The van der Waals surface area contributed by atoms with Crippen molar-refractivity contribution in [2.24, 2.45) is 0 Å². The summed E-state index contributed by atoms with van der Waals surface area (Å²) >= 11 is 0. The molecule has 0 bridgehead atoms. The lowest BCUT2D eigenvalue weighted by molar-refractivity contribution is 0.194. The van der Waals surface area contributed by atoms with E-state index in [4.69, 9.17) is 15.7 Å². The Morgan fingerprint density at radius 1 is 1.44 bits per heavy atom. The zero-order valence-corrected chi connectivity index (χ0v) is 9.49. The third kappa shape index (κ3) is 3.44. The summed E-state index contributed by atoms with van der Waals surface area (Å²) in [7, 11) is 1.70. The highest BCUT2D eigenvalue weighted by molar-refractivity contribution is 5.72. The quantitative estimate of drug-likeness (QED) is 0.567. The number of unbranched alkanes of at least 4 members (excludes halogenated alkanes) is 1. The average molecular weight is 219 g/mol. The van der Waals surface area contributed by atoms with Gasteiger partial charge in [-0.15, -0.1) is 0 Å². The average Bonchev–Trinajstić information content (AvgIpc) is 2.31. The molecule has 0 aromatic heterocycles. The van der Waals surface area contributed by atoms with Crippen LogP contribution in [0, 0.1) is 11.3 Å². The van der Waals surface area contributed by atoms with E-state index in [1.165, 1.54) is 0 Å². The van der Waals surface area contributed by atoms with E-state index in [1.54, 1.807) is 13.2 Å². The first-order valence-electron chi connectivity index (χ1n) is 5.31. The minimum atomic E-state index is 0.516. The lowest BCUT2D eigenvalue weighted by atomic mass is 10.1. The number of para-hydroxylation sites is 1. The van der Waals surface area contributed by atoms with E-state index < -0.39 is 0 Å². The van der Waals surface area contributed by atoms with E-state index in [0.29, 0.717) is 11.3 Å². The number of hydrogen-bond acceptors (Lipinski definition) is 4. The van der Waals surface area contributed by atoms with Crippen LogP contribution in [0.4, 0.5) is 11.4 Å². The van der Waals surface area contributed by atoms with E-state index in [0.717, 1.165) is 31.7 Å². The lowest BCUT2D eigenvalue weighted by Gasteiger charge is -2.09.